The number of carbonyl (C=O) groups is 2. The van der Waals surface area contributed by atoms with Crippen molar-refractivity contribution >= 4 is 45.6 Å². The van der Waals surface area contributed by atoms with Crippen molar-refractivity contribution in [1.29, 1.82) is 0 Å². The summed E-state index contributed by atoms with van der Waals surface area (Å²) in [7, 11) is 1.16. The third-order valence-corrected chi connectivity index (χ3v) is 7.17. The fourth-order valence-corrected chi connectivity index (χ4v) is 4.73. The third kappa shape index (κ3) is 7.64. The molecule has 2 amide bonds. The van der Waals surface area contributed by atoms with Crippen LogP contribution in [0.15, 0.2) is 78.9 Å². The average Bonchev–Trinajstić information content (AvgIpc) is 2.95. The minimum Gasteiger partial charge on any atom is -0.338 e. The molecule has 0 saturated carbocycles. The Morgan fingerprint density at radius 1 is 0.886 bits per heavy atom. The normalized spacial score (nSPS) is 12.5. The van der Waals surface area contributed by atoms with Crippen molar-refractivity contribution < 1.29 is 40.9 Å². The Balaban J connectivity index is 1.70. The quantitative estimate of drug-likeness (QED) is 0.120. The number of nitro groups is 1. The highest BCUT2D eigenvalue weighted by molar-refractivity contribution is 6.33. The van der Waals surface area contributed by atoms with Gasteiger partial charge >= 0.3 is 12.4 Å². The number of alkyl halides is 6. The summed E-state index contributed by atoms with van der Waals surface area (Å²) in [4.78, 5) is 37.9. The molecule has 0 aliphatic carbocycles. The number of rotatable bonds is 8. The van der Waals surface area contributed by atoms with Crippen LogP contribution in [0.3, 0.4) is 0 Å². The first kappa shape index (κ1) is 32.3. The second-order valence-corrected chi connectivity index (χ2v) is 10.3. The van der Waals surface area contributed by atoms with Crippen molar-refractivity contribution in [2.24, 2.45) is 0 Å². The molecule has 7 nitrogen and oxygen atoms in total. The van der Waals surface area contributed by atoms with Crippen LogP contribution >= 0.6 is 11.6 Å². The van der Waals surface area contributed by atoms with Crippen molar-refractivity contribution in [3.8, 4) is 0 Å². The number of nitro benzene ring substituents is 1. The van der Waals surface area contributed by atoms with Gasteiger partial charge in [-0.25, -0.2) is 0 Å². The Morgan fingerprint density at radius 2 is 1.50 bits per heavy atom. The van der Waals surface area contributed by atoms with Crippen molar-refractivity contribution in [2.75, 3.05) is 12.4 Å². The second kappa shape index (κ2) is 12.5. The lowest BCUT2D eigenvalue weighted by Crippen LogP contribution is -2.41. The van der Waals surface area contributed by atoms with E-state index in [1.807, 2.05) is 18.2 Å². The van der Waals surface area contributed by atoms with E-state index < -0.39 is 58.2 Å². The first-order valence-corrected chi connectivity index (χ1v) is 13.2. The summed E-state index contributed by atoms with van der Waals surface area (Å²) < 4.78 is 80.8. The van der Waals surface area contributed by atoms with Gasteiger partial charge in [0.15, 0.2) is 0 Å². The molecule has 4 aromatic rings. The lowest BCUT2D eigenvalue weighted by Gasteiger charge is -2.29. The molecule has 0 aliphatic heterocycles. The van der Waals surface area contributed by atoms with Gasteiger partial charge in [0.2, 0.25) is 5.91 Å². The van der Waals surface area contributed by atoms with Gasteiger partial charge in [0.05, 0.1) is 26.8 Å². The number of carbonyl (C=O) groups excluding carboxylic acids is 2. The van der Waals surface area contributed by atoms with Crippen LogP contribution in [0.1, 0.15) is 33.5 Å². The SMILES string of the molecule is CN(C(=O)c1cc(C(F)(F)F)cc(C(F)(F)F)c1)C(CC(=O)Nc1cc([N+](=O)[O-])ccc1Cl)Cc1ccc2ccccc2c1. The summed E-state index contributed by atoms with van der Waals surface area (Å²) >= 11 is 6.08. The fourth-order valence-electron chi connectivity index (χ4n) is 4.57. The molecule has 1 atom stereocenters. The fraction of sp³-hybridized carbons (Fsp3) is 0.200. The van der Waals surface area contributed by atoms with Gasteiger partial charge in [-0.15, -0.1) is 0 Å². The molecule has 0 aromatic heterocycles. The molecule has 4 aromatic carbocycles. The smallest absolute Gasteiger partial charge is 0.338 e. The standard InChI is InChI=1S/C30H22ClF6N3O4/c1-39(28(42)20-12-21(29(32,33)34)14-22(13-20)30(35,36)37)24(11-17-6-7-18-4-2-3-5-19(18)10-17)16-27(41)38-26-15-23(40(43)44)8-9-25(26)31/h2-10,12-15,24H,11,16H2,1H3,(H,38,41). The van der Waals surface area contributed by atoms with Crippen LogP contribution in [0.4, 0.5) is 37.7 Å². The zero-order valence-corrected chi connectivity index (χ0v) is 23.4. The molecule has 0 bridgehead atoms. The molecule has 44 heavy (non-hydrogen) atoms. The second-order valence-electron chi connectivity index (χ2n) is 9.92. The van der Waals surface area contributed by atoms with E-state index in [2.05, 4.69) is 5.32 Å². The van der Waals surface area contributed by atoms with Gasteiger partial charge in [0.1, 0.15) is 0 Å². The summed E-state index contributed by atoms with van der Waals surface area (Å²) in [6, 6.07) is 15.4. The largest absolute Gasteiger partial charge is 0.416 e. The monoisotopic (exact) mass is 637 g/mol. The molecule has 230 valence electrons. The van der Waals surface area contributed by atoms with Crippen LogP contribution < -0.4 is 5.32 Å². The predicted molar refractivity (Wildman–Crippen MR) is 151 cm³/mol. The minimum absolute atomic E-state index is 0.0196. The van der Waals surface area contributed by atoms with Crippen LogP contribution in [0.2, 0.25) is 5.02 Å². The van der Waals surface area contributed by atoms with Crippen LogP contribution in [-0.2, 0) is 23.6 Å². The van der Waals surface area contributed by atoms with Crippen molar-refractivity contribution in [1.82, 2.24) is 4.90 Å². The topological polar surface area (TPSA) is 92.6 Å². The highest BCUT2D eigenvalue weighted by Gasteiger charge is 2.38. The Hall–Kier alpha value is -4.65. The maximum absolute atomic E-state index is 13.5. The van der Waals surface area contributed by atoms with Gasteiger partial charge in [-0.1, -0.05) is 54.1 Å². The van der Waals surface area contributed by atoms with Crippen molar-refractivity contribution in [3.05, 3.63) is 116 Å². The maximum Gasteiger partial charge on any atom is 0.416 e. The van der Waals surface area contributed by atoms with E-state index in [0.29, 0.717) is 17.7 Å². The number of nitrogens with zero attached hydrogens (tertiary/aromatic N) is 2. The summed E-state index contributed by atoms with van der Waals surface area (Å²) in [5.41, 5.74) is -4.04. The van der Waals surface area contributed by atoms with E-state index in [9.17, 15) is 46.0 Å². The molecule has 0 heterocycles. The van der Waals surface area contributed by atoms with Crippen LogP contribution in [0.25, 0.3) is 10.8 Å². The summed E-state index contributed by atoms with van der Waals surface area (Å²) in [6.45, 7) is 0. The first-order valence-electron chi connectivity index (χ1n) is 12.8. The number of halogens is 7. The van der Waals surface area contributed by atoms with E-state index in [1.165, 1.54) is 6.07 Å². The van der Waals surface area contributed by atoms with Crippen LogP contribution in [0, 0.1) is 10.1 Å². The minimum atomic E-state index is -5.17. The van der Waals surface area contributed by atoms with Crippen LogP contribution in [0.5, 0.6) is 0 Å². The molecule has 4 rings (SSSR count). The van der Waals surface area contributed by atoms with E-state index in [-0.39, 0.29) is 28.9 Å². The van der Waals surface area contributed by atoms with E-state index in [4.69, 9.17) is 11.6 Å². The van der Waals surface area contributed by atoms with Crippen molar-refractivity contribution in [3.63, 3.8) is 0 Å². The number of nitrogens with one attached hydrogen (secondary N) is 1. The van der Waals surface area contributed by atoms with Gasteiger partial charge in [0, 0.05) is 37.2 Å². The molecule has 0 radical (unpaired) electrons. The lowest BCUT2D eigenvalue weighted by atomic mass is 9.97. The Kier molecular flexibility index (Phi) is 9.19. The van der Waals surface area contributed by atoms with Gasteiger partial charge in [0.25, 0.3) is 11.6 Å². The summed E-state index contributed by atoms with van der Waals surface area (Å²) in [6.07, 6.45) is -10.8. The number of hydrogen-bond acceptors (Lipinski definition) is 4. The molecular weight excluding hydrogens is 616 g/mol. The molecule has 0 aliphatic rings. The predicted octanol–water partition coefficient (Wildman–Crippen LogP) is 8.15. The molecule has 0 fully saturated rings. The van der Waals surface area contributed by atoms with E-state index in [0.717, 1.165) is 34.9 Å². The highest BCUT2D eigenvalue weighted by Crippen LogP contribution is 2.37. The molecule has 1 unspecified atom stereocenters. The van der Waals surface area contributed by atoms with E-state index >= 15 is 0 Å². The van der Waals surface area contributed by atoms with Gasteiger partial charge in [-0.2, -0.15) is 26.3 Å². The first-order chi connectivity index (χ1) is 20.5. The van der Waals surface area contributed by atoms with Gasteiger partial charge < -0.3 is 10.2 Å². The zero-order valence-electron chi connectivity index (χ0n) is 22.7. The number of amides is 2. The number of non-ortho nitro benzene ring substituents is 1. The van der Waals surface area contributed by atoms with Gasteiger partial charge in [-0.3, -0.25) is 19.7 Å². The summed E-state index contributed by atoms with van der Waals surface area (Å²) in [5, 5.41) is 15.3. The molecule has 0 saturated heterocycles. The van der Waals surface area contributed by atoms with Gasteiger partial charge in [-0.05, 0) is 47.0 Å². The lowest BCUT2D eigenvalue weighted by molar-refractivity contribution is -0.384. The number of likely N-dealkylation sites (N-methyl/N-ethyl adjacent to an activating group) is 1. The number of fused-ring (bicyclic) bond motifs is 1. The Labute approximate surface area is 251 Å². The van der Waals surface area contributed by atoms with Crippen LogP contribution in [-0.4, -0.2) is 34.7 Å². The molecule has 1 N–H and O–H groups in total. The maximum atomic E-state index is 13.5. The number of benzene rings is 4. The highest BCUT2D eigenvalue weighted by atomic mass is 35.5. The van der Waals surface area contributed by atoms with Crippen molar-refractivity contribution in [2.45, 2.75) is 31.2 Å². The van der Waals surface area contributed by atoms with E-state index in [1.54, 1.807) is 24.3 Å². The number of hydrogen-bond donors (Lipinski definition) is 1. The Bertz CT molecular complexity index is 1710. The third-order valence-electron chi connectivity index (χ3n) is 6.84. The Morgan fingerprint density at radius 3 is 2.09 bits per heavy atom. The zero-order chi connectivity index (χ0) is 32.4. The molecule has 14 heteroatoms. The summed E-state index contributed by atoms with van der Waals surface area (Å²) in [5.74, 6) is -1.95. The molecular formula is C30H22ClF6N3O4. The number of anilines is 1. The average molecular weight is 638 g/mol. The molecule has 0 spiro atoms.